The second-order valence-corrected chi connectivity index (χ2v) is 4.31. The Hall–Kier alpha value is -1.88. The zero-order valence-electron chi connectivity index (χ0n) is 9.73. The Morgan fingerprint density at radius 3 is 2.10 bits per heavy atom. The van der Waals surface area contributed by atoms with Crippen molar-refractivity contribution >= 4 is 17.4 Å². The maximum atomic E-state index is 13.7. The van der Waals surface area contributed by atoms with Crippen LogP contribution < -0.4 is 0 Å². The third kappa shape index (κ3) is 2.82. The van der Waals surface area contributed by atoms with E-state index in [1.54, 1.807) is 0 Å². The Labute approximate surface area is 116 Å². The van der Waals surface area contributed by atoms with E-state index in [1.165, 1.54) is 6.07 Å². The van der Waals surface area contributed by atoms with Crippen molar-refractivity contribution in [2.45, 2.75) is 0 Å². The fourth-order valence-electron chi connectivity index (χ4n) is 1.66. The lowest BCUT2D eigenvalue weighted by molar-refractivity contribution is 0.410. The van der Waals surface area contributed by atoms with Gasteiger partial charge in [0, 0.05) is 11.1 Å². The van der Waals surface area contributed by atoms with Gasteiger partial charge in [-0.15, -0.1) is 0 Å². The van der Waals surface area contributed by atoms with E-state index in [0.29, 0.717) is 0 Å². The van der Waals surface area contributed by atoms with Crippen LogP contribution in [0.25, 0.3) is 17.0 Å². The molecule has 0 bridgehead atoms. The third-order valence-electron chi connectivity index (χ3n) is 2.62. The van der Waals surface area contributed by atoms with E-state index in [0.717, 1.165) is 30.3 Å². The van der Waals surface area contributed by atoms with Crippen molar-refractivity contribution in [3.05, 3.63) is 64.7 Å². The van der Waals surface area contributed by atoms with Crippen LogP contribution in [0.5, 0.6) is 0 Å². The summed E-state index contributed by atoms with van der Waals surface area (Å²) in [5.41, 5.74) is -0.467. The molecule has 0 heterocycles. The van der Waals surface area contributed by atoms with Gasteiger partial charge in [0.2, 0.25) is 0 Å². The van der Waals surface area contributed by atoms with E-state index in [9.17, 15) is 22.0 Å². The summed E-state index contributed by atoms with van der Waals surface area (Å²) in [7, 11) is 0. The monoisotopic (exact) mass is 304 g/mol. The molecule has 0 atom stereocenters. The maximum Gasteiger partial charge on any atom is 0.306 e. The molecule has 0 saturated heterocycles. The molecule has 20 heavy (non-hydrogen) atoms. The fourth-order valence-corrected chi connectivity index (χ4v) is 1.84. The summed E-state index contributed by atoms with van der Waals surface area (Å²) >= 11 is 5.57. The summed E-state index contributed by atoms with van der Waals surface area (Å²) in [5.74, 6) is -3.20. The molecule has 0 aliphatic rings. The third-order valence-corrected chi connectivity index (χ3v) is 2.91. The van der Waals surface area contributed by atoms with Crippen molar-refractivity contribution in [3.63, 3.8) is 0 Å². The van der Waals surface area contributed by atoms with E-state index in [-0.39, 0.29) is 16.1 Å². The number of hydrogen-bond acceptors (Lipinski definition) is 0. The average molecular weight is 305 g/mol. The van der Waals surface area contributed by atoms with Crippen LogP contribution in [0.1, 0.15) is 5.56 Å². The minimum Gasteiger partial charge on any atom is -0.206 e. The Morgan fingerprint density at radius 1 is 0.850 bits per heavy atom. The first-order valence-corrected chi connectivity index (χ1v) is 5.74. The molecule has 0 unspecified atom stereocenters. The molecule has 0 N–H and O–H groups in total. The molecular weight excluding hydrogens is 299 g/mol. The fraction of sp³-hybridized carbons (Fsp3) is 0. The second-order valence-electron chi connectivity index (χ2n) is 3.90. The molecule has 0 aliphatic heterocycles. The summed E-state index contributed by atoms with van der Waals surface area (Å²) in [5, 5.41) is -0.250. The Kier molecular flexibility index (Phi) is 4.09. The minimum atomic E-state index is -2.50. The molecular formula is C14H6ClF5. The summed E-state index contributed by atoms with van der Waals surface area (Å²) in [6, 6.07) is 6.01. The zero-order valence-corrected chi connectivity index (χ0v) is 10.5. The Morgan fingerprint density at radius 2 is 1.50 bits per heavy atom. The Bertz CT molecular complexity index is 690. The smallest absolute Gasteiger partial charge is 0.206 e. The highest BCUT2D eigenvalue weighted by Crippen LogP contribution is 2.31. The van der Waals surface area contributed by atoms with E-state index >= 15 is 0 Å². The first-order chi connectivity index (χ1) is 9.40. The quantitative estimate of drug-likeness (QED) is 0.613. The van der Waals surface area contributed by atoms with Gasteiger partial charge in [-0.3, -0.25) is 0 Å². The topological polar surface area (TPSA) is 0 Å². The van der Waals surface area contributed by atoms with Crippen LogP contribution in [0.15, 0.2) is 42.5 Å². The second kappa shape index (κ2) is 5.63. The highest BCUT2D eigenvalue weighted by atomic mass is 35.5. The maximum absolute atomic E-state index is 13.7. The van der Waals surface area contributed by atoms with Crippen molar-refractivity contribution in [3.8, 4) is 11.1 Å². The minimum absolute atomic E-state index is 0.152. The number of benzene rings is 2. The van der Waals surface area contributed by atoms with Gasteiger partial charge in [-0.2, -0.15) is 8.78 Å². The molecule has 2 rings (SSSR count). The van der Waals surface area contributed by atoms with Crippen LogP contribution in [-0.2, 0) is 0 Å². The van der Waals surface area contributed by atoms with Gasteiger partial charge >= 0.3 is 6.08 Å². The largest absolute Gasteiger partial charge is 0.306 e. The number of rotatable bonds is 2. The normalized spacial score (nSPS) is 10.5. The van der Waals surface area contributed by atoms with Gasteiger partial charge < -0.3 is 0 Å². The summed E-state index contributed by atoms with van der Waals surface area (Å²) in [4.78, 5) is 0. The van der Waals surface area contributed by atoms with Crippen LogP contribution in [-0.4, -0.2) is 0 Å². The van der Waals surface area contributed by atoms with E-state index in [2.05, 4.69) is 0 Å². The van der Waals surface area contributed by atoms with E-state index in [4.69, 9.17) is 11.6 Å². The van der Waals surface area contributed by atoms with Crippen LogP contribution in [0.2, 0.25) is 5.02 Å². The number of hydrogen-bond donors (Lipinski definition) is 0. The van der Waals surface area contributed by atoms with Gasteiger partial charge in [-0.25, -0.2) is 13.2 Å². The van der Waals surface area contributed by atoms with Gasteiger partial charge in [-0.1, -0.05) is 17.7 Å². The van der Waals surface area contributed by atoms with E-state index in [1.807, 2.05) is 0 Å². The molecule has 0 spiro atoms. The number of halogens is 6. The van der Waals surface area contributed by atoms with Crippen molar-refractivity contribution in [1.29, 1.82) is 0 Å². The van der Waals surface area contributed by atoms with Gasteiger partial charge in [0.15, 0.2) is 5.83 Å². The molecule has 6 heteroatoms. The summed E-state index contributed by atoms with van der Waals surface area (Å²) < 4.78 is 64.3. The lowest BCUT2D eigenvalue weighted by Gasteiger charge is -2.07. The first kappa shape index (κ1) is 14.5. The molecule has 2 aromatic rings. The van der Waals surface area contributed by atoms with Crippen LogP contribution >= 0.6 is 11.6 Å². The lowest BCUT2D eigenvalue weighted by Crippen LogP contribution is -1.89. The van der Waals surface area contributed by atoms with Gasteiger partial charge in [0.05, 0.1) is 5.02 Å². The van der Waals surface area contributed by atoms with Gasteiger partial charge in [0.25, 0.3) is 0 Å². The molecule has 0 aliphatic carbocycles. The highest BCUT2D eigenvalue weighted by Gasteiger charge is 2.13. The van der Waals surface area contributed by atoms with Crippen molar-refractivity contribution in [1.82, 2.24) is 0 Å². The van der Waals surface area contributed by atoms with Crippen molar-refractivity contribution < 1.29 is 22.0 Å². The molecule has 0 amide bonds. The summed E-state index contributed by atoms with van der Waals surface area (Å²) in [6.07, 6.45) is -2.50. The summed E-state index contributed by atoms with van der Waals surface area (Å²) in [6.45, 7) is 0. The van der Waals surface area contributed by atoms with Crippen LogP contribution in [0, 0.1) is 11.6 Å². The predicted molar refractivity (Wildman–Crippen MR) is 67.0 cm³/mol. The molecule has 0 aromatic heterocycles. The first-order valence-electron chi connectivity index (χ1n) is 5.36. The van der Waals surface area contributed by atoms with Crippen molar-refractivity contribution in [2.75, 3.05) is 0 Å². The zero-order chi connectivity index (χ0) is 14.9. The molecule has 0 nitrogen and oxygen atoms in total. The van der Waals surface area contributed by atoms with Gasteiger partial charge in [0.1, 0.15) is 11.6 Å². The molecule has 0 radical (unpaired) electrons. The predicted octanol–water partition coefficient (Wildman–Crippen LogP) is 5.82. The van der Waals surface area contributed by atoms with Crippen LogP contribution in [0.4, 0.5) is 22.0 Å². The SMILES string of the molecule is FC(F)=C(F)c1ccc(F)c(-c2ccc(F)c(Cl)c2)c1. The molecule has 2 aromatic carbocycles. The molecule has 0 saturated carbocycles. The van der Waals surface area contributed by atoms with E-state index < -0.39 is 29.1 Å². The highest BCUT2D eigenvalue weighted by molar-refractivity contribution is 6.31. The standard InChI is InChI=1S/C14H6ClF5/c15-10-6-7(1-4-12(10)17)9-5-8(2-3-11(9)16)13(18)14(19)20/h1-6H. The lowest BCUT2D eigenvalue weighted by atomic mass is 10.0. The van der Waals surface area contributed by atoms with Gasteiger partial charge in [-0.05, 0) is 35.9 Å². The average Bonchev–Trinajstić information content (AvgIpc) is 2.41. The van der Waals surface area contributed by atoms with Crippen LogP contribution in [0.3, 0.4) is 0 Å². The Balaban J connectivity index is 2.59. The van der Waals surface area contributed by atoms with Crippen molar-refractivity contribution in [2.24, 2.45) is 0 Å². The molecule has 104 valence electrons. The molecule has 0 fully saturated rings.